The minimum absolute atomic E-state index is 0.0339. The lowest BCUT2D eigenvalue weighted by Gasteiger charge is -2.26. The van der Waals surface area contributed by atoms with Crippen LogP contribution < -0.4 is 15.4 Å². The van der Waals surface area contributed by atoms with Crippen LogP contribution in [0.5, 0.6) is 5.75 Å². The molecule has 0 fully saturated rings. The second-order valence-electron chi connectivity index (χ2n) is 6.18. The number of hydrogen-bond donors (Lipinski definition) is 2. The largest absolute Gasteiger partial charge is 0.482 e. The summed E-state index contributed by atoms with van der Waals surface area (Å²) in [6, 6.07) is 15.3. The lowest BCUT2D eigenvalue weighted by atomic mass is 9.88. The molecule has 130 valence electrons. The first kappa shape index (κ1) is 17.0. The van der Waals surface area contributed by atoms with Crippen molar-refractivity contribution >= 4 is 17.5 Å². The van der Waals surface area contributed by atoms with Gasteiger partial charge in [0, 0.05) is 6.92 Å². The van der Waals surface area contributed by atoms with Gasteiger partial charge in [-0.1, -0.05) is 36.4 Å². The fourth-order valence-electron chi connectivity index (χ4n) is 3.17. The predicted molar refractivity (Wildman–Crippen MR) is 96.5 cm³/mol. The van der Waals surface area contributed by atoms with Crippen molar-refractivity contribution < 1.29 is 14.3 Å². The third kappa shape index (κ3) is 4.38. The van der Waals surface area contributed by atoms with Gasteiger partial charge < -0.3 is 15.4 Å². The summed E-state index contributed by atoms with van der Waals surface area (Å²) in [5.41, 5.74) is 3.06. The zero-order chi connectivity index (χ0) is 17.6. The number of hydrogen-bond acceptors (Lipinski definition) is 3. The molecule has 1 aliphatic rings. The van der Waals surface area contributed by atoms with E-state index in [1.54, 1.807) is 24.3 Å². The van der Waals surface area contributed by atoms with Gasteiger partial charge in [0.1, 0.15) is 5.75 Å². The summed E-state index contributed by atoms with van der Waals surface area (Å²) in [5, 5.41) is 5.75. The minimum Gasteiger partial charge on any atom is -0.482 e. The van der Waals surface area contributed by atoms with Gasteiger partial charge in [-0.15, -0.1) is 0 Å². The topological polar surface area (TPSA) is 67.4 Å². The Kier molecular flexibility index (Phi) is 5.33. The van der Waals surface area contributed by atoms with E-state index in [0.717, 1.165) is 19.3 Å². The number of aryl methyl sites for hydroxylation is 1. The van der Waals surface area contributed by atoms with E-state index in [9.17, 15) is 9.59 Å². The average molecular weight is 338 g/mol. The van der Waals surface area contributed by atoms with Crippen molar-refractivity contribution in [1.29, 1.82) is 0 Å². The fourth-order valence-corrected chi connectivity index (χ4v) is 3.17. The highest BCUT2D eigenvalue weighted by Gasteiger charge is 2.21. The molecule has 0 heterocycles. The molecule has 0 aromatic heterocycles. The molecule has 0 saturated heterocycles. The van der Waals surface area contributed by atoms with Crippen LogP contribution in [0, 0.1) is 0 Å². The Bertz CT molecular complexity index is 773. The first-order chi connectivity index (χ1) is 12.1. The molecule has 0 spiro atoms. The fraction of sp³-hybridized carbons (Fsp3) is 0.300. The van der Waals surface area contributed by atoms with Crippen LogP contribution in [0.25, 0.3) is 0 Å². The highest BCUT2D eigenvalue weighted by atomic mass is 16.5. The van der Waals surface area contributed by atoms with Gasteiger partial charge in [-0.25, -0.2) is 0 Å². The van der Waals surface area contributed by atoms with Crippen LogP contribution in [-0.2, 0) is 16.0 Å². The molecule has 1 atom stereocenters. The van der Waals surface area contributed by atoms with Gasteiger partial charge in [-0.3, -0.25) is 9.59 Å². The van der Waals surface area contributed by atoms with E-state index in [0.29, 0.717) is 11.4 Å². The number of benzene rings is 2. The molecule has 0 saturated carbocycles. The lowest BCUT2D eigenvalue weighted by Crippen LogP contribution is -2.34. The number of fused-ring (bicyclic) bond motifs is 1. The van der Waals surface area contributed by atoms with E-state index in [-0.39, 0.29) is 24.5 Å². The average Bonchev–Trinajstić information content (AvgIpc) is 2.61. The maximum Gasteiger partial charge on any atom is 0.258 e. The number of nitrogens with one attached hydrogen (secondary N) is 2. The van der Waals surface area contributed by atoms with Crippen LogP contribution in [0.1, 0.15) is 36.9 Å². The van der Waals surface area contributed by atoms with Crippen molar-refractivity contribution in [3.63, 3.8) is 0 Å². The van der Waals surface area contributed by atoms with Crippen molar-refractivity contribution in [3.05, 3.63) is 59.7 Å². The van der Waals surface area contributed by atoms with E-state index in [1.807, 2.05) is 12.1 Å². The van der Waals surface area contributed by atoms with E-state index in [4.69, 9.17) is 4.74 Å². The maximum atomic E-state index is 12.3. The molecule has 2 N–H and O–H groups in total. The van der Waals surface area contributed by atoms with Crippen LogP contribution in [0.4, 0.5) is 5.69 Å². The number of amides is 2. The Morgan fingerprint density at radius 3 is 2.72 bits per heavy atom. The summed E-state index contributed by atoms with van der Waals surface area (Å²) < 4.78 is 5.60. The molecule has 25 heavy (non-hydrogen) atoms. The van der Waals surface area contributed by atoms with E-state index < -0.39 is 0 Å². The Labute approximate surface area is 147 Å². The Balaban J connectivity index is 1.60. The van der Waals surface area contributed by atoms with Crippen LogP contribution in [0.3, 0.4) is 0 Å². The monoisotopic (exact) mass is 338 g/mol. The molecule has 2 aromatic rings. The van der Waals surface area contributed by atoms with E-state index >= 15 is 0 Å². The van der Waals surface area contributed by atoms with Gasteiger partial charge in [-0.05, 0) is 42.5 Å². The summed E-state index contributed by atoms with van der Waals surface area (Å²) in [4.78, 5) is 23.5. The smallest absolute Gasteiger partial charge is 0.258 e. The number of rotatable bonds is 5. The van der Waals surface area contributed by atoms with Crippen molar-refractivity contribution in [3.8, 4) is 5.75 Å². The second kappa shape index (κ2) is 7.83. The standard InChI is InChI=1S/C20H22N2O3/c1-14(23)21-18-10-4-5-12-19(18)25-13-20(24)22-17-11-6-8-15-7-2-3-9-16(15)17/h2-5,7,9-10,12,17H,6,8,11,13H2,1H3,(H,21,23)(H,22,24)/t17-/m0/s1. The predicted octanol–water partition coefficient (Wildman–Crippen LogP) is 3.22. The number of carbonyl (C=O) groups excluding carboxylic acids is 2. The molecule has 0 bridgehead atoms. The first-order valence-corrected chi connectivity index (χ1v) is 8.50. The molecule has 0 aliphatic heterocycles. The van der Waals surface area contributed by atoms with Gasteiger partial charge in [0.15, 0.2) is 6.61 Å². The Morgan fingerprint density at radius 1 is 1.12 bits per heavy atom. The molecular formula is C20H22N2O3. The molecule has 0 unspecified atom stereocenters. The van der Waals surface area contributed by atoms with E-state index in [2.05, 4.69) is 22.8 Å². The zero-order valence-electron chi connectivity index (χ0n) is 14.2. The summed E-state index contributed by atoms with van der Waals surface area (Å²) in [5.74, 6) is 0.135. The normalized spacial score (nSPS) is 15.8. The first-order valence-electron chi connectivity index (χ1n) is 8.50. The highest BCUT2D eigenvalue weighted by molar-refractivity contribution is 5.90. The third-order valence-electron chi connectivity index (χ3n) is 4.26. The van der Waals surface area contributed by atoms with Gasteiger partial charge in [0.05, 0.1) is 11.7 Å². The molecule has 3 rings (SSSR count). The molecule has 0 radical (unpaired) electrons. The van der Waals surface area contributed by atoms with Crippen LogP contribution in [0.2, 0.25) is 0 Å². The number of carbonyl (C=O) groups is 2. The summed E-state index contributed by atoms with van der Waals surface area (Å²) in [7, 11) is 0. The van der Waals surface area contributed by atoms with Crippen LogP contribution >= 0.6 is 0 Å². The quantitative estimate of drug-likeness (QED) is 0.879. The van der Waals surface area contributed by atoms with Gasteiger partial charge in [0.2, 0.25) is 5.91 Å². The third-order valence-corrected chi connectivity index (χ3v) is 4.26. The van der Waals surface area contributed by atoms with Gasteiger partial charge in [-0.2, -0.15) is 0 Å². The van der Waals surface area contributed by atoms with Crippen molar-refractivity contribution in [2.45, 2.75) is 32.2 Å². The molecular weight excluding hydrogens is 316 g/mol. The van der Waals surface area contributed by atoms with Gasteiger partial charge in [0.25, 0.3) is 5.91 Å². The molecule has 2 amide bonds. The SMILES string of the molecule is CC(=O)Nc1ccccc1OCC(=O)N[C@H]1CCCc2ccccc21. The van der Waals surface area contributed by atoms with Gasteiger partial charge >= 0.3 is 0 Å². The zero-order valence-corrected chi connectivity index (χ0v) is 14.2. The second-order valence-corrected chi connectivity index (χ2v) is 6.18. The highest BCUT2D eigenvalue weighted by Crippen LogP contribution is 2.29. The summed E-state index contributed by atoms with van der Waals surface area (Å²) >= 11 is 0. The minimum atomic E-state index is -0.181. The van der Waals surface area contributed by atoms with Crippen LogP contribution in [0.15, 0.2) is 48.5 Å². The van der Waals surface area contributed by atoms with Crippen molar-refractivity contribution in [1.82, 2.24) is 5.32 Å². The molecule has 5 heteroatoms. The lowest BCUT2D eigenvalue weighted by molar-refractivity contribution is -0.124. The molecule has 2 aromatic carbocycles. The molecule has 1 aliphatic carbocycles. The number of ether oxygens (including phenoxy) is 1. The van der Waals surface area contributed by atoms with Crippen molar-refractivity contribution in [2.24, 2.45) is 0 Å². The van der Waals surface area contributed by atoms with Crippen LogP contribution in [-0.4, -0.2) is 18.4 Å². The Morgan fingerprint density at radius 2 is 1.88 bits per heavy atom. The summed E-state index contributed by atoms with van der Waals surface area (Å²) in [6.45, 7) is 1.35. The number of para-hydroxylation sites is 2. The molecule has 5 nitrogen and oxygen atoms in total. The summed E-state index contributed by atoms with van der Waals surface area (Å²) in [6.07, 6.45) is 3.06. The number of anilines is 1. The maximum absolute atomic E-state index is 12.3. The van der Waals surface area contributed by atoms with Crippen molar-refractivity contribution in [2.75, 3.05) is 11.9 Å². The Hall–Kier alpha value is -2.82. The van der Waals surface area contributed by atoms with E-state index in [1.165, 1.54) is 18.1 Å².